The molecule has 0 saturated carbocycles. The molecule has 0 atom stereocenters. The fourth-order valence-electron chi connectivity index (χ4n) is 3.41. The SMILES string of the molecule is CCCCCCCC/C=C\CCCCCCCCCCCCCC(=O)O.CCO. The van der Waals surface area contributed by atoms with Gasteiger partial charge in [0.2, 0.25) is 0 Å². The molecule has 0 aromatic rings. The van der Waals surface area contributed by atoms with E-state index in [1.807, 2.05) is 0 Å². The number of allylic oxidation sites excluding steroid dienone is 2. The number of carboxylic acids is 1. The minimum atomic E-state index is -0.654. The average molecular weight is 413 g/mol. The zero-order chi connectivity index (χ0) is 21.8. The van der Waals surface area contributed by atoms with Gasteiger partial charge in [0.1, 0.15) is 0 Å². The van der Waals surface area contributed by atoms with Crippen molar-refractivity contribution in [2.45, 2.75) is 142 Å². The zero-order valence-corrected chi connectivity index (χ0v) is 19.8. The van der Waals surface area contributed by atoms with E-state index < -0.39 is 5.97 Å². The van der Waals surface area contributed by atoms with Crippen molar-refractivity contribution in [3.8, 4) is 0 Å². The van der Waals surface area contributed by atoms with Gasteiger partial charge in [0.25, 0.3) is 0 Å². The van der Waals surface area contributed by atoms with Gasteiger partial charge in [0.15, 0.2) is 0 Å². The lowest BCUT2D eigenvalue weighted by molar-refractivity contribution is -0.137. The van der Waals surface area contributed by atoms with Crippen LogP contribution in [-0.2, 0) is 4.79 Å². The first-order chi connectivity index (χ1) is 14.2. The van der Waals surface area contributed by atoms with Gasteiger partial charge < -0.3 is 10.2 Å². The summed E-state index contributed by atoms with van der Waals surface area (Å²) in [4.78, 5) is 10.4. The van der Waals surface area contributed by atoms with Gasteiger partial charge in [-0.15, -0.1) is 0 Å². The predicted molar refractivity (Wildman–Crippen MR) is 128 cm³/mol. The molecule has 0 radical (unpaired) electrons. The lowest BCUT2D eigenvalue weighted by Gasteiger charge is -2.02. The third kappa shape index (κ3) is 35.0. The molecule has 0 saturated heterocycles. The quantitative estimate of drug-likeness (QED) is 0.147. The second-order valence-corrected chi connectivity index (χ2v) is 8.17. The van der Waals surface area contributed by atoms with E-state index in [1.54, 1.807) is 6.92 Å². The summed E-state index contributed by atoms with van der Waals surface area (Å²) in [5, 5.41) is 16.1. The number of aliphatic carboxylic acids is 1. The smallest absolute Gasteiger partial charge is 0.303 e. The van der Waals surface area contributed by atoms with E-state index in [2.05, 4.69) is 19.1 Å². The molecule has 0 heterocycles. The zero-order valence-electron chi connectivity index (χ0n) is 19.8. The highest BCUT2D eigenvalue weighted by molar-refractivity contribution is 5.66. The normalized spacial score (nSPS) is 10.9. The summed E-state index contributed by atoms with van der Waals surface area (Å²) < 4.78 is 0. The topological polar surface area (TPSA) is 57.5 Å². The molecule has 29 heavy (non-hydrogen) atoms. The second kappa shape index (κ2) is 29.4. The van der Waals surface area contributed by atoms with E-state index in [1.165, 1.54) is 109 Å². The Kier molecular flexibility index (Phi) is 30.8. The number of carboxylic acid groups (broad SMARTS) is 1. The van der Waals surface area contributed by atoms with Crippen LogP contribution in [0.2, 0.25) is 0 Å². The van der Waals surface area contributed by atoms with E-state index in [-0.39, 0.29) is 6.61 Å². The summed E-state index contributed by atoms with van der Waals surface area (Å²) in [7, 11) is 0. The molecule has 0 aliphatic rings. The van der Waals surface area contributed by atoms with Gasteiger partial charge in [-0.25, -0.2) is 0 Å². The number of carbonyl (C=O) groups is 1. The van der Waals surface area contributed by atoms with Crippen LogP contribution in [0.3, 0.4) is 0 Å². The lowest BCUT2D eigenvalue weighted by Crippen LogP contribution is -1.93. The molecule has 0 aromatic carbocycles. The number of aliphatic hydroxyl groups excluding tert-OH is 1. The van der Waals surface area contributed by atoms with Crippen LogP contribution in [0.4, 0.5) is 0 Å². The summed E-state index contributed by atoms with van der Waals surface area (Å²) in [5.41, 5.74) is 0. The van der Waals surface area contributed by atoms with Crippen LogP contribution in [0.25, 0.3) is 0 Å². The minimum absolute atomic E-state index is 0.250. The molecule has 3 nitrogen and oxygen atoms in total. The van der Waals surface area contributed by atoms with Gasteiger partial charge in [0.05, 0.1) is 0 Å². The maximum absolute atomic E-state index is 10.4. The third-order valence-corrected chi connectivity index (χ3v) is 5.15. The van der Waals surface area contributed by atoms with E-state index >= 15 is 0 Å². The van der Waals surface area contributed by atoms with Crippen molar-refractivity contribution in [2.24, 2.45) is 0 Å². The van der Waals surface area contributed by atoms with Crippen molar-refractivity contribution in [1.29, 1.82) is 0 Å². The Balaban J connectivity index is 0. The molecule has 0 spiro atoms. The largest absolute Gasteiger partial charge is 0.481 e. The van der Waals surface area contributed by atoms with Crippen molar-refractivity contribution in [3.05, 3.63) is 12.2 Å². The summed E-state index contributed by atoms with van der Waals surface area (Å²) >= 11 is 0. The molecule has 174 valence electrons. The third-order valence-electron chi connectivity index (χ3n) is 5.15. The number of aliphatic hydroxyl groups is 1. The van der Waals surface area contributed by atoms with E-state index in [4.69, 9.17) is 10.2 Å². The van der Waals surface area contributed by atoms with Crippen LogP contribution in [0, 0.1) is 0 Å². The Morgan fingerprint density at radius 1 is 0.586 bits per heavy atom. The number of hydrogen-bond donors (Lipinski definition) is 2. The monoisotopic (exact) mass is 412 g/mol. The highest BCUT2D eigenvalue weighted by Gasteiger charge is 1.97. The van der Waals surface area contributed by atoms with Crippen LogP contribution in [0.5, 0.6) is 0 Å². The fourth-order valence-corrected chi connectivity index (χ4v) is 3.41. The lowest BCUT2D eigenvalue weighted by atomic mass is 10.0. The highest BCUT2D eigenvalue weighted by atomic mass is 16.4. The van der Waals surface area contributed by atoms with Gasteiger partial charge in [-0.1, -0.05) is 109 Å². The van der Waals surface area contributed by atoms with E-state index in [9.17, 15) is 4.79 Å². The molecule has 0 fully saturated rings. The molecule has 0 amide bonds. The Labute approximate surface area is 182 Å². The molecule has 2 N–H and O–H groups in total. The van der Waals surface area contributed by atoms with Crippen molar-refractivity contribution in [3.63, 3.8) is 0 Å². The molecular formula is C26H52O3. The first-order valence-electron chi connectivity index (χ1n) is 12.7. The molecular weight excluding hydrogens is 360 g/mol. The van der Waals surface area contributed by atoms with Crippen LogP contribution in [0.15, 0.2) is 12.2 Å². The van der Waals surface area contributed by atoms with E-state index in [0.29, 0.717) is 6.42 Å². The van der Waals surface area contributed by atoms with Crippen LogP contribution in [-0.4, -0.2) is 22.8 Å². The number of unbranched alkanes of at least 4 members (excludes halogenated alkanes) is 17. The number of hydrogen-bond acceptors (Lipinski definition) is 2. The van der Waals surface area contributed by atoms with Crippen LogP contribution >= 0.6 is 0 Å². The molecule has 0 aliphatic heterocycles. The Morgan fingerprint density at radius 3 is 1.24 bits per heavy atom. The molecule has 0 unspecified atom stereocenters. The summed E-state index contributed by atoms with van der Waals surface area (Å²) in [5.74, 6) is -0.654. The van der Waals surface area contributed by atoms with E-state index in [0.717, 1.165) is 12.8 Å². The molecule has 0 bridgehead atoms. The number of rotatable bonds is 21. The van der Waals surface area contributed by atoms with Crippen molar-refractivity contribution in [2.75, 3.05) is 6.61 Å². The van der Waals surface area contributed by atoms with Crippen LogP contribution < -0.4 is 0 Å². The summed E-state index contributed by atoms with van der Waals surface area (Å²) in [6, 6.07) is 0. The van der Waals surface area contributed by atoms with Crippen LogP contribution in [0.1, 0.15) is 142 Å². The predicted octanol–water partition coefficient (Wildman–Crippen LogP) is 8.45. The Morgan fingerprint density at radius 2 is 0.897 bits per heavy atom. The minimum Gasteiger partial charge on any atom is -0.481 e. The molecule has 0 aromatic heterocycles. The summed E-state index contributed by atoms with van der Waals surface area (Å²) in [6.07, 6.45) is 30.1. The molecule has 0 aliphatic carbocycles. The van der Waals surface area contributed by atoms with Crippen molar-refractivity contribution < 1.29 is 15.0 Å². The maximum atomic E-state index is 10.4. The first-order valence-corrected chi connectivity index (χ1v) is 12.7. The Hall–Kier alpha value is -0.830. The Bertz CT molecular complexity index is 326. The van der Waals surface area contributed by atoms with Gasteiger partial charge >= 0.3 is 5.97 Å². The standard InChI is InChI=1S/C24H46O2.C2H6O/c1-2-3-4-5-6-7-8-9-10-11-12-13-14-15-16-17-18-19-20-21-22-23-24(25)26;1-2-3/h9-10H,2-8,11-23H2,1H3,(H,25,26);3H,2H2,1H3/b10-9-;. The van der Waals surface area contributed by atoms with Gasteiger partial charge in [-0.2, -0.15) is 0 Å². The average Bonchev–Trinajstić information content (AvgIpc) is 2.69. The van der Waals surface area contributed by atoms with Gasteiger partial charge in [-0.05, 0) is 39.0 Å². The van der Waals surface area contributed by atoms with Gasteiger partial charge in [-0.3, -0.25) is 4.79 Å². The molecule has 3 heteroatoms. The highest BCUT2D eigenvalue weighted by Crippen LogP contribution is 2.13. The first kappa shape index (κ1) is 30.4. The van der Waals surface area contributed by atoms with Crippen molar-refractivity contribution in [1.82, 2.24) is 0 Å². The van der Waals surface area contributed by atoms with Crippen molar-refractivity contribution >= 4 is 5.97 Å². The maximum Gasteiger partial charge on any atom is 0.303 e. The summed E-state index contributed by atoms with van der Waals surface area (Å²) in [6.45, 7) is 4.21. The van der Waals surface area contributed by atoms with Gasteiger partial charge in [0, 0.05) is 13.0 Å². The molecule has 0 rings (SSSR count). The second-order valence-electron chi connectivity index (χ2n) is 8.17. The fraction of sp³-hybridized carbons (Fsp3) is 0.885.